The summed E-state index contributed by atoms with van der Waals surface area (Å²) in [6.45, 7) is 2.76. The van der Waals surface area contributed by atoms with Crippen molar-refractivity contribution >= 4 is 35.3 Å². The highest BCUT2D eigenvalue weighted by Gasteiger charge is 2.13. The Morgan fingerprint density at radius 1 is 1.03 bits per heavy atom. The number of nitrogens with zero attached hydrogens (tertiary/aromatic N) is 1. The first kappa shape index (κ1) is 24.4. The normalized spacial score (nSPS) is 10.8. The number of methoxy groups -OCH3 is 1. The number of benzene rings is 3. The van der Waals surface area contributed by atoms with Crippen molar-refractivity contribution in [2.24, 2.45) is 5.10 Å². The third-order valence-electron chi connectivity index (χ3n) is 4.58. The second kappa shape index (κ2) is 12.1. The van der Waals surface area contributed by atoms with Gasteiger partial charge in [0.15, 0.2) is 11.5 Å². The number of hydrogen-bond donors (Lipinski definition) is 1. The zero-order valence-corrected chi connectivity index (χ0v) is 19.8. The quantitative estimate of drug-likeness (QED) is 0.296. The number of carbonyl (C=O) groups is 1. The van der Waals surface area contributed by atoms with Gasteiger partial charge in [-0.1, -0.05) is 53.5 Å². The summed E-state index contributed by atoms with van der Waals surface area (Å²) in [5.74, 6) is 1.37. The van der Waals surface area contributed by atoms with E-state index in [2.05, 4.69) is 10.5 Å². The number of ether oxygens (including phenoxy) is 3. The molecule has 6 nitrogen and oxygen atoms in total. The van der Waals surface area contributed by atoms with Gasteiger partial charge in [-0.25, -0.2) is 5.43 Å². The molecular formula is C25H24Cl2N2O4. The minimum atomic E-state index is -0.242. The molecule has 0 radical (unpaired) electrons. The highest BCUT2D eigenvalue weighted by atomic mass is 35.5. The van der Waals surface area contributed by atoms with Gasteiger partial charge in [-0.05, 0) is 48.4 Å². The lowest BCUT2D eigenvalue weighted by Crippen LogP contribution is -2.19. The Morgan fingerprint density at radius 3 is 2.48 bits per heavy atom. The van der Waals surface area contributed by atoms with Gasteiger partial charge < -0.3 is 14.2 Å². The van der Waals surface area contributed by atoms with E-state index in [1.54, 1.807) is 18.2 Å². The molecule has 33 heavy (non-hydrogen) atoms. The van der Waals surface area contributed by atoms with Crippen molar-refractivity contribution in [1.82, 2.24) is 5.43 Å². The molecule has 8 heteroatoms. The van der Waals surface area contributed by atoms with Crippen LogP contribution in [0.3, 0.4) is 0 Å². The standard InChI is InChI=1S/C25H24Cl2N2O4/c1-3-32-20-10-8-17(9-11-20)14-24(30)29-28-15-18-12-22(27)25(23(13-18)31-2)33-16-19-6-4-5-7-21(19)26/h4-13,15H,3,14,16H2,1-2H3,(H,29,30)/b28-15-. The molecule has 0 atom stereocenters. The van der Waals surface area contributed by atoms with E-state index in [1.165, 1.54) is 13.3 Å². The van der Waals surface area contributed by atoms with Crippen LogP contribution >= 0.6 is 23.2 Å². The van der Waals surface area contributed by atoms with Crippen molar-refractivity contribution in [3.8, 4) is 17.2 Å². The summed E-state index contributed by atoms with van der Waals surface area (Å²) in [6, 6.07) is 18.2. The predicted octanol–water partition coefficient (Wildman–Crippen LogP) is 5.67. The van der Waals surface area contributed by atoms with Crippen LogP contribution in [0.2, 0.25) is 10.0 Å². The van der Waals surface area contributed by atoms with Crippen LogP contribution in [0.15, 0.2) is 65.8 Å². The van der Waals surface area contributed by atoms with Gasteiger partial charge in [0.25, 0.3) is 0 Å². The number of rotatable bonds is 10. The lowest BCUT2D eigenvalue weighted by atomic mass is 10.1. The third-order valence-corrected chi connectivity index (χ3v) is 5.23. The number of amides is 1. The lowest BCUT2D eigenvalue weighted by Gasteiger charge is -2.14. The average Bonchev–Trinajstić information content (AvgIpc) is 2.80. The molecule has 0 bridgehead atoms. The third kappa shape index (κ3) is 7.14. The van der Waals surface area contributed by atoms with Crippen LogP contribution in [-0.2, 0) is 17.8 Å². The van der Waals surface area contributed by atoms with Gasteiger partial charge in [-0.3, -0.25) is 4.79 Å². The summed E-state index contributed by atoms with van der Waals surface area (Å²) in [4.78, 5) is 12.2. The summed E-state index contributed by atoms with van der Waals surface area (Å²) in [6.07, 6.45) is 1.69. The molecule has 0 fully saturated rings. The van der Waals surface area contributed by atoms with Gasteiger partial charge in [0.05, 0.1) is 31.4 Å². The molecule has 3 rings (SSSR count). The maximum atomic E-state index is 12.2. The minimum Gasteiger partial charge on any atom is -0.494 e. The van der Waals surface area contributed by atoms with Crippen LogP contribution in [0, 0.1) is 0 Å². The van der Waals surface area contributed by atoms with E-state index in [0.29, 0.717) is 33.7 Å². The van der Waals surface area contributed by atoms with Gasteiger partial charge in [0.2, 0.25) is 5.91 Å². The average molecular weight is 487 g/mol. The fourth-order valence-electron chi connectivity index (χ4n) is 2.99. The van der Waals surface area contributed by atoms with Gasteiger partial charge in [0, 0.05) is 10.6 Å². The summed E-state index contributed by atoms with van der Waals surface area (Å²) < 4.78 is 16.7. The van der Waals surface area contributed by atoms with E-state index >= 15 is 0 Å². The van der Waals surface area contributed by atoms with Crippen molar-refractivity contribution < 1.29 is 19.0 Å². The Bertz CT molecular complexity index is 1120. The van der Waals surface area contributed by atoms with Crippen LogP contribution in [0.5, 0.6) is 17.2 Å². The summed E-state index contributed by atoms with van der Waals surface area (Å²) in [7, 11) is 1.52. The van der Waals surface area contributed by atoms with Gasteiger partial charge in [-0.15, -0.1) is 0 Å². The molecule has 172 valence electrons. The highest BCUT2D eigenvalue weighted by molar-refractivity contribution is 6.32. The largest absolute Gasteiger partial charge is 0.494 e. The second-order valence-electron chi connectivity index (χ2n) is 6.96. The van der Waals surface area contributed by atoms with E-state index in [4.69, 9.17) is 37.4 Å². The van der Waals surface area contributed by atoms with Crippen molar-refractivity contribution in [3.63, 3.8) is 0 Å². The molecule has 0 aliphatic carbocycles. The summed E-state index contributed by atoms with van der Waals surface area (Å²) in [5, 5.41) is 4.97. The molecule has 1 N–H and O–H groups in total. The van der Waals surface area contributed by atoms with E-state index in [9.17, 15) is 4.79 Å². The fourth-order valence-corrected chi connectivity index (χ4v) is 3.46. The molecular weight excluding hydrogens is 463 g/mol. The monoisotopic (exact) mass is 486 g/mol. The number of carbonyl (C=O) groups excluding carboxylic acids is 1. The van der Waals surface area contributed by atoms with Gasteiger partial charge in [0.1, 0.15) is 12.4 Å². The first-order valence-electron chi connectivity index (χ1n) is 10.3. The Morgan fingerprint density at radius 2 is 1.79 bits per heavy atom. The Hall–Kier alpha value is -3.22. The molecule has 0 heterocycles. The first-order chi connectivity index (χ1) is 16.0. The maximum Gasteiger partial charge on any atom is 0.244 e. The molecule has 0 aromatic heterocycles. The topological polar surface area (TPSA) is 69.2 Å². The predicted molar refractivity (Wildman–Crippen MR) is 131 cm³/mol. The summed E-state index contributed by atoms with van der Waals surface area (Å²) >= 11 is 12.6. The molecule has 3 aromatic carbocycles. The zero-order chi connectivity index (χ0) is 23.6. The van der Waals surface area contributed by atoms with Crippen molar-refractivity contribution in [2.45, 2.75) is 20.0 Å². The SMILES string of the molecule is CCOc1ccc(CC(=O)N/N=C\c2cc(Cl)c(OCc3ccccc3Cl)c(OC)c2)cc1. The van der Waals surface area contributed by atoms with Crippen LogP contribution in [0.25, 0.3) is 0 Å². The smallest absolute Gasteiger partial charge is 0.244 e. The van der Waals surface area contributed by atoms with Crippen molar-refractivity contribution in [1.29, 1.82) is 0 Å². The first-order valence-corrected chi connectivity index (χ1v) is 11.0. The van der Waals surface area contributed by atoms with Gasteiger partial charge >= 0.3 is 0 Å². The van der Waals surface area contributed by atoms with E-state index in [1.807, 2.05) is 49.4 Å². The molecule has 3 aromatic rings. The molecule has 0 spiro atoms. The van der Waals surface area contributed by atoms with Crippen LogP contribution < -0.4 is 19.6 Å². The van der Waals surface area contributed by atoms with Crippen LogP contribution in [0.1, 0.15) is 23.6 Å². The second-order valence-corrected chi connectivity index (χ2v) is 7.78. The number of hydrazone groups is 1. The highest BCUT2D eigenvalue weighted by Crippen LogP contribution is 2.37. The molecule has 0 aliphatic heterocycles. The Balaban J connectivity index is 1.60. The Kier molecular flexibility index (Phi) is 8.98. The van der Waals surface area contributed by atoms with E-state index in [-0.39, 0.29) is 18.9 Å². The molecule has 0 saturated heterocycles. The molecule has 0 unspecified atom stereocenters. The van der Waals surface area contributed by atoms with Crippen molar-refractivity contribution in [3.05, 3.63) is 87.4 Å². The Labute approximate surface area is 203 Å². The maximum absolute atomic E-state index is 12.2. The van der Waals surface area contributed by atoms with Crippen LogP contribution in [0.4, 0.5) is 0 Å². The van der Waals surface area contributed by atoms with Crippen LogP contribution in [-0.4, -0.2) is 25.8 Å². The number of nitrogens with one attached hydrogen (secondary N) is 1. The van der Waals surface area contributed by atoms with Crippen molar-refractivity contribution in [2.75, 3.05) is 13.7 Å². The lowest BCUT2D eigenvalue weighted by molar-refractivity contribution is -0.120. The minimum absolute atomic E-state index is 0.197. The fraction of sp³-hybridized carbons (Fsp3) is 0.200. The summed E-state index contributed by atoms with van der Waals surface area (Å²) in [5.41, 5.74) is 4.84. The number of halogens is 2. The molecule has 0 saturated carbocycles. The van der Waals surface area contributed by atoms with E-state index in [0.717, 1.165) is 16.9 Å². The molecule has 1 amide bonds. The van der Waals surface area contributed by atoms with Gasteiger partial charge in [-0.2, -0.15) is 5.10 Å². The molecule has 0 aliphatic rings. The number of hydrogen-bond acceptors (Lipinski definition) is 5. The van der Waals surface area contributed by atoms with E-state index < -0.39 is 0 Å². The zero-order valence-electron chi connectivity index (χ0n) is 18.3.